The quantitative estimate of drug-likeness (QED) is 0.164. The maximum Gasteiger partial charge on any atom is 1.00 e. The monoisotopic (exact) mass is 414 g/mol. The van der Waals surface area contributed by atoms with E-state index in [1.54, 1.807) is 0 Å². The van der Waals surface area contributed by atoms with E-state index in [0.717, 1.165) is 12.8 Å². The molecule has 0 aliphatic carbocycles. The first-order valence-electron chi connectivity index (χ1n) is 8.28. The van der Waals surface area contributed by atoms with E-state index >= 15 is 0 Å². The average molecular weight is 415 g/mol. The van der Waals surface area contributed by atoms with Crippen LogP contribution in [0.3, 0.4) is 0 Å². The molecule has 0 aromatic rings. The van der Waals surface area contributed by atoms with Gasteiger partial charge in [0.2, 0.25) is 10.4 Å². The third-order valence-electron chi connectivity index (χ3n) is 3.07. The van der Waals surface area contributed by atoms with Gasteiger partial charge in [-0.15, -0.1) is 0 Å². The SMILES string of the molecule is CCCCCCCCCCCCOS(=O)(=O)[O-].O=S(=O)(O)CCO.[Na+]. The molecular weight excluding hydrogens is 383 g/mol. The molecule has 11 heteroatoms. The van der Waals surface area contributed by atoms with E-state index in [1.165, 1.54) is 44.9 Å². The molecule has 0 saturated heterocycles. The van der Waals surface area contributed by atoms with Gasteiger partial charge in [0.05, 0.1) is 19.0 Å². The summed E-state index contributed by atoms with van der Waals surface area (Å²) < 4.78 is 61.5. The van der Waals surface area contributed by atoms with Crippen LogP contribution in [0.2, 0.25) is 0 Å². The molecule has 0 fully saturated rings. The molecule has 0 amide bonds. The third-order valence-corrected chi connectivity index (χ3v) is 4.23. The summed E-state index contributed by atoms with van der Waals surface area (Å²) >= 11 is 0. The Morgan fingerprint density at radius 2 is 1.24 bits per heavy atom. The van der Waals surface area contributed by atoms with E-state index in [-0.39, 0.29) is 36.2 Å². The minimum Gasteiger partial charge on any atom is -0.726 e. The third kappa shape index (κ3) is 36.4. The second kappa shape index (κ2) is 19.5. The van der Waals surface area contributed by atoms with Gasteiger partial charge in [0.25, 0.3) is 10.1 Å². The number of aliphatic hydroxyl groups is 1. The molecule has 0 spiro atoms. The maximum absolute atomic E-state index is 10.1. The van der Waals surface area contributed by atoms with E-state index in [2.05, 4.69) is 11.1 Å². The van der Waals surface area contributed by atoms with Crippen molar-refractivity contribution in [2.75, 3.05) is 19.0 Å². The van der Waals surface area contributed by atoms with Crippen LogP contribution in [0.1, 0.15) is 71.1 Å². The van der Waals surface area contributed by atoms with Crippen molar-refractivity contribution in [2.45, 2.75) is 71.1 Å². The zero-order valence-corrected chi connectivity index (χ0v) is 19.0. The van der Waals surface area contributed by atoms with Crippen LogP contribution in [0.15, 0.2) is 0 Å². The molecule has 2 N–H and O–H groups in total. The van der Waals surface area contributed by atoms with Crippen LogP contribution in [0.5, 0.6) is 0 Å². The van der Waals surface area contributed by atoms with E-state index in [1.807, 2.05) is 0 Å². The van der Waals surface area contributed by atoms with Gasteiger partial charge in [-0.05, 0) is 6.42 Å². The van der Waals surface area contributed by atoms with Gasteiger partial charge in [0, 0.05) is 0 Å². The summed E-state index contributed by atoms with van der Waals surface area (Å²) in [6.07, 6.45) is 11.7. The van der Waals surface area contributed by atoms with Gasteiger partial charge in [-0.3, -0.25) is 8.74 Å². The van der Waals surface area contributed by atoms with Gasteiger partial charge in [0.15, 0.2) is 0 Å². The fourth-order valence-corrected chi connectivity index (χ4v) is 2.42. The summed E-state index contributed by atoms with van der Waals surface area (Å²) in [5, 5.41) is 7.86. The summed E-state index contributed by atoms with van der Waals surface area (Å²) in [5.41, 5.74) is 0. The molecule has 8 nitrogen and oxygen atoms in total. The second-order valence-corrected chi connectivity index (χ2v) is 8.05. The molecule has 148 valence electrons. The molecule has 0 aromatic heterocycles. The Balaban J connectivity index is -0.000000513. The molecule has 0 atom stereocenters. The van der Waals surface area contributed by atoms with Gasteiger partial charge in [-0.1, -0.05) is 64.7 Å². The fraction of sp³-hybridized carbons (Fsp3) is 1.00. The number of hydrogen-bond acceptors (Lipinski definition) is 7. The molecular formula is C14H31NaO8S2. The van der Waals surface area contributed by atoms with Crippen LogP contribution < -0.4 is 29.6 Å². The van der Waals surface area contributed by atoms with Crippen molar-refractivity contribution in [2.24, 2.45) is 0 Å². The molecule has 0 heterocycles. The topological polar surface area (TPSA) is 141 Å². The van der Waals surface area contributed by atoms with Gasteiger partial charge in [-0.25, -0.2) is 8.42 Å². The second-order valence-electron chi connectivity index (χ2n) is 5.42. The predicted molar refractivity (Wildman–Crippen MR) is 91.0 cm³/mol. The van der Waals surface area contributed by atoms with Gasteiger partial charge < -0.3 is 9.66 Å². The largest absolute Gasteiger partial charge is 1.00 e. The zero-order chi connectivity index (χ0) is 18.9. The normalized spacial score (nSPS) is 11.4. The molecule has 0 aliphatic heterocycles. The van der Waals surface area contributed by atoms with Gasteiger partial charge >= 0.3 is 29.6 Å². The van der Waals surface area contributed by atoms with Crippen molar-refractivity contribution in [1.29, 1.82) is 0 Å². The summed E-state index contributed by atoms with van der Waals surface area (Å²) in [4.78, 5) is 0. The Hall–Kier alpha value is 0.740. The number of hydrogen-bond donors (Lipinski definition) is 2. The van der Waals surface area contributed by atoms with Crippen LogP contribution in [0.4, 0.5) is 0 Å². The fourth-order valence-electron chi connectivity index (χ4n) is 1.87. The summed E-state index contributed by atoms with van der Waals surface area (Å²) in [6, 6.07) is 0. The maximum atomic E-state index is 10.1. The van der Waals surface area contributed by atoms with Gasteiger partial charge in [-0.2, -0.15) is 8.42 Å². The Labute approximate surface area is 174 Å². The Bertz CT molecular complexity index is 465. The van der Waals surface area contributed by atoms with Crippen molar-refractivity contribution in [1.82, 2.24) is 0 Å². The standard InChI is InChI=1S/C12H26O4S.C2H6O4S.Na/c1-2-3-4-5-6-7-8-9-10-11-12-16-17(13,14)15;3-1-2-7(4,5)6;/h2-12H2,1H3,(H,13,14,15);3H,1-2H2,(H,4,5,6);/q;;+1/p-1. The van der Waals surface area contributed by atoms with Crippen molar-refractivity contribution in [3.63, 3.8) is 0 Å². The average Bonchev–Trinajstić information content (AvgIpc) is 2.43. The van der Waals surface area contributed by atoms with Crippen LogP contribution in [-0.2, 0) is 24.7 Å². The van der Waals surface area contributed by atoms with E-state index in [9.17, 15) is 21.4 Å². The number of unbranched alkanes of at least 4 members (excludes halogenated alkanes) is 9. The Kier molecular flexibility index (Phi) is 23.8. The smallest absolute Gasteiger partial charge is 0.726 e. The van der Waals surface area contributed by atoms with E-state index in [0.29, 0.717) is 6.42 Å². The van der Waals surface area contributed by atoms with Crippen LogP contribution in [0.25, 0.3) is 0 Å². The van der Waals surface area contributed by atoms with E-state index in [4.69, 9.17) is 9.66 Å². The first kappa shape index (κ1) is 30.5. The predicted octanol–water partition coefficient (Wildman–Crippen LogP) is -0.745. The molecule has 0 aromatic carbocycles. The molecule has 25 heavy (non-hydrogen) atoms. The zero-order valence-electron chi connectivity index (χ0n) is 15.4. The Morgan fingerprint density at radius 1 is 0.840 bits per heavy atom. The van der Waals surface area contributed by atoms with Crippen molar-refractivity contribution in [3.8, 4) is 0 Å². The number of rotatable bonds is 14. The van der Waals surface area contributed by atoms with Crippen molar-refractivity contribution < 1.29 is 64.8 Å². The molecule has 0 rings (SSSR count). The van der Waals surface area contributed by atoms with Crippen LogP contribution in [-0.4, -0.2) is 50.0 Å². The van der Waals surface area contributed by atoms with Crippen molar-refractivity contribution >= 4 is 20.5 Å². The first-order valence-corrected chi connectivity index (χ1v) is 11.2. The molecule has 0 radical (unpaired) electrons. The van der Waals surface area contributed by atoms with Gasteiger partial charge in [0.1, 0.15) is 0 Å². The summed E-state index contributed by atoms with van der Waals surface area (Å²) in [7, 11) is -8.41. The minimum absolute atomic E-state index is 0. The van der Waals surface area contributed by atoms with E-state index < -0.39 is 32.9 Å². The Morgan fingerprint density at radius 3 is 1.52 bits per heavy atom. The summed E-state index contributed by atoms with van der Waals surface area (Å²) in [5.74, 6) is -0.576. The number of aliphatic hydroxyl groups excluding tert-OH is 1. The minimum atomic E-state index is -4.48. The molecule has 0 unspecified atom stereocenters. The molecule has 0 aliphatic rings. The van der Waals surface area contributed by atoms with Crippen molar-refractivity contribution in [3.05, 3.63) is 0 Å². The molecule has 0 saturated carbocycles. The first-order chi connectivity index (χ1) is 11.1. The van der Waals surface area contributed by atoms with Crippen LogP contribution >= 0.6 is 0 Å². The van der Waals surface area contributed by atoms with Crippen LogP contribution in [0, 0.1) is 0 Å². The summed E-state index contributed by atoms with van der Waals surface area (Å²) in [6.45, 7) is 1.71. The molecule has 0 bridgehead atoms.